The number of anilines is 1. The van der Waals surface area contributed by atoms with Gasteiger partial charge in [-0.3, -0.25) is 10.3 Å². The lowest BCUT2D eigenvalue weighted by Crippen LogP contribution is -2.38. The SMILES string of the molecule is CC(=N)N(C(N)=O)c1ccc(Oc2cccc(C(C)C)c2)cc1. The smallest absolute Gasteiger partial charge is 0.324 e. The van der Waals surface area contributed by atoms with Crippen LogP contribution in [0.3, 0.4) is 0 Å². The van der Waals surface area contributed by atoms with E-state index in [4.69, 9.17) is 15.9 Å². The van der Waals surface area contributed by atoms with E-state index in [1.807, 2.05) is 18.2 Å². The maximum Gasteiger partial charge on any atom is 0.324 e. The Bertz CT molecular complexity index is 694. The Morgan fingerprint density at radius 1 is 1.13 bits per heavy atom. The van der Waals surface area contributed by atoms with Crippen molar-refractivity contribution < 1.29 is 9.53 Å². The minimum absolute atomic E-state index is 0.0656. The van der Waals surface area contributed by atoms with Crippen LogP contribution in [0.4, 0.5) is 10.5 Å². The van der Waals surface area contributed by atoms with Crippen LogP contribution in [0.25, 0.3) is 0 Å². The first-order chi connectivity index (χ1) is 10.9. The van der Waals surface area contributed by atoms with Crippen molar-refractivity contribution in [1.29, 1.82) is 5.41 Å². The highest BCUT2D eigenvalue weighted by atomic mass is 16.5. The van der Waals surface area contributed by atoms with E-state index in [1.54, 1.807) is 24.3 Å². The standard InChI is InChI=1S/C18H21N3O2/c1-12(2)14-5-4-6-17(11-14)23-16-9-7-15(8-10-16)21(13(3)19)18(20)22/h4-12,19H,1-3H3,(H2,20,22). The van der Waals surface area contributed by atoms with Gasteiger partial charge in [0.25, 0.3) is 0 Å². The van der Waals surface area contributed by atoms with Gasteiger partial charge in [0.2, 0.25) is 0 Å². The Balaban J connectivity index is 2.18. The quantitative estimate of drug-likeness (QED) is 0.644. The average Bonchev–Trinajstić information content (AvgIpc) is 2.48. The van der Waals surface area contributed by atoms with E-state index in [1.165, 1.54) is 12.5 Å². The van der Waals surface area contributed by atoms with Crippen LogP contribution in [0.15, 0.2) is 48.5 Å². The average molecular weight is 311 g/mol. The fraction of sp³-hybridized carbons (Fsp3) is 0.222. The zero-order valence-corrected chi connectivity index (χ0v) is 13.5. The van der Waals surface area contributed by atoms with Gasteiger partial charge in [0.05, 0.1) is 5.69 Å². The highest BCUT2D eigenvalue weighted by molar-refractivity contribution is 6.13. The van der Waals surface area contributed by atoms with Crippen molar-refractivity contribution in [3.05, 3.63) is 54.1 Å². The summed E-state index contributed by atoms with van der Waals surface area (Å²) in [4.78, 5) is 12.5. The number of rotatable bonds is 4. The van der Waals surface area contributed by atoms with E-state index in [2.05, 4.69) is 19.9 Å². The van der Waals surface area contributed by atoms with Gasteiger partial charge >= 0.3 is 6.03 Å². The number of carbonyl (C=O) groups is 1. The topological polar surface area (TPSA) is 79.4 Å². The summed E-state index contributed by atoms with van der Waals surface area (Å²) < 4.78 is 5.84. The van der Waals surface area contributed by atoms with Gasteiger partial charge in [-0.25, -0.2) is 4.79 Å². The molecule has 120 valence electrons. The number of urea groups is 1. The molecule has 0 saturated carbocycles. The summed E-state index contributed by atoms with van der Waals surface area (Å²) in [6, 6.07) is 14.1. The first-order valence-corrected chi connectivity index (χ1v) is 7.41. The van der Waals surface area contributed by atoms with Gasteiger partial charge in [0.1, 0.15) is 17.3 Å². The summed E-state index contributed by atoms with van der Waals surface area (Å²) in [5.41, 5.74) is 7.03. The molecule has 0 spiro atoms. The van der Waals surface area contributed by atoms with Crippen molar-refractivity contribution in [3.63, 3.8) is 0 Å². The van der Waals surface area contributed by atoms with Crippen molar-refractivity contribution in [1.82, 2.24) is 0 Å². The summed E-state index contributed by atoms with van der Waals surface area (Å²) >= 11 is 0. The van der Waals surface area contributed by atoms with Crippen molar-refractivity contribution in [2.45, 2.75) is 26.7 Å². The van der Waals surface area contributed by atoms with Gasteiger partial charge in [-0.15, -0.1) is 0 Å². The summed E-state index contributed by atoms with van der Waals surface area (Å²) in [7, 11) is 0. The van der Waals surface area contributed by atoms with Crippen LogP contribution in [0.5, 0.6) is 11.5 Å². The molecule has 0 bridgehead atoms. The second-order valence-corrected chi connectivity index (χ2v) is 5.58. The van der Waals surface area contributed by atoms with Crippen molar-refractivity contribution in [2.75, 3.05) is 4.90 Å². The molecular weight excluding hydrogens is 290 g/mol. The van der Waals surface area contributed by atoms with Gasteiger partial charge in [-0.05, 0) is 54.8 Å². The molecule has 3 N–H and O–H groups in total. The van der Waals surface area contributed by atoms with Crippen LogP contribution in [-0.4, -0.2) is 11.9 Å². The summed E-state index contributed by atoms with van der Waals surface area (Å²) in [5, 5.41) is 7.61. The number of ether oxygens (including phenoxy) is 1. The molecule has 0 radical (unpaired) electrons. The molecular formula is C18H21N3O2. The molecule has 0 saturated heterocycles. The van der Waals surface area contributed by atoms with Gasteiger partial charge in [-0.2, -0.15) is 0 Å². The number of benzene rings is 2. The first kappa shape index (κ1) is 16.5. The maximum absolute atomic E-state index is 11.4. The number of primary amides is 1. The molecule has 0 aromatic heterocycles. The second-order valence-electron chi connectivity index (χ2n) is 5.58. The predicted molar refractivity (Wildman–Crippen MR) is 92.5 cm³/mol. The molecule has 0 atom stereocenters. The van der Waals surface area contributed by atoms with E-state index in [0.717, 1.165) is 10.6 Å². The van der Waals surface area contributed by atoms with E-state index in [9.17, 15) is 4.79 Å². The normalized spacial score (nSPS) is 10.4. The van der Waals surface area contributed by atoms with Crippen LogP contribution in [-0.2, 0) is 0 Å². The summed E-state index contributed by atoms with van der Waals surface area (Å²) in [6.07, 6.45) is 0. The molecule has 0 heterocycles. The van der Waals surface area contributed by atoms with E-state index < -0.39 is 6.03 Å². The van der Waals surface area contributed by atoms with E-state index >= 15 is 0 Å². The highest BCUT2D eigenvalue weighted by Crippen LogP contribution is 2.27. The molecule has 0 aliphatic heterocycles. The third kappa shape index (κ3) is 4.10. The molecule has 0 fully saturated rings. The molecule has 0 aliphatic rings. The lowest BCUT2D eigenvalue weighted by atomic mass is 10.0. The van der Waals surface area contributed by atoms with Gasteiger partial charge in [-0.1, -0.05) is 26.0 Å². The number of nitrogens with one attached hydrogen (secondary N) is 1. The lowest BCUT2D eigenvalue weighted by molar-refractivity contribution is 0.256. The minimum atomic E-state index is -0.684. The van der Waals surface area contributed by atoms with Crippen LogP contribution in [0.1, 0.15) is 32.3 Å². The van der Waals surface area contributed by atoms with E-state index in [0.29, 0.717) is 17.4 Å². The molecule has 5 nitrogen and oxygen atoms in total. The predicted octanol–water partition coefficient (Wildman–Crippen LogP) is 4.48. The van der Waals surface area contributed by atoms with Crippen molar-refractivity contribution >= 4 is 17.6 Å². The van der Waals surface area contributed by atoms with Gasteiger partial charge in [0.15, 0.2) is 0 Å². The monoisotopic (exact) mass is 311 g/mol. The largest absolute Gasteiger partial charge is 0.457 e. The Morgan fingerprint density at radius 2 is 1.78 bits per heavy atom. The Hall–Kier alpha value is -2.82. The fourth-order valence-corrected chi connectivity index (χ4v) is 2.22. The number of nitrogens with two attached hydrogens (primary N) is 1. The van der Waals surface area contributed by atoms with Crippen molar-refractivity contribution in [2.24, 2.45) is 5.73 Å². The molecule has 2 amide bonds. The molecule has 5 heteroatoms. The molecule has 0 aliphatic carbocycles. The van der Waals surface area contributed by atoms with E-state index in [-0.39, 0.29) is 5.84 Å². The summed E-state index contributed by atoms with van der Waals surface area (Å²) in [6.45, 7) is 5.77. The number of nitrogens with zero attached hydrogens (tertiary/aromatic N) is 1. The highest BCUT2D eigenvalue weighted by Gasteiger charge is 2.14. The molecule has 2 aromatic carbocycles. The van der Waals surface area contributed by atoms with Crippen LogP contribution >= 0.6 is 0 Å². The number of hydrogen-bond donors (Lipinski definition) is 2. The Labute approximate surface area is 136 Å². The maximum atomic E-state index is 11.4. The fourth-order valence-electron chi connectivity index (χ4n) is 2.22. The third-order valence-corrected chi connectivity index (χ3v) is 3.41. The van der Waals surface area contributed by atoms with Gasteiger partial charge in [0, 0.05) is 0 Å². The van der Waals surface area contributed by atoms with Crippen molar-refractivity contribution in [3.8, 4) is 11.5 Å². The number of hydrogen-bond acceptors (Lipinski definition) is 3. The van der Waals surface area contributed by atoms with Crippen LogP contribution in [0, 0.1) is 5.41 Å². The zero-order valence-electron chi connectivity index (χ0n) is 13.5. The summed E-state index contributed by atoms with van der Waals surface area (Å²) in [5.74, 6) is 1.91. The first-order valence-electron chi connectivity index (χ1n) is 7.41. The number of amidine groups is 1. The zero-order chi connectivity index (χ0) is 17.0. The lowest BCUT2D eigenvalue weighted by Gasteiger charge is -2.19. The number of amides is 2. The molecule has 2 rings (SSSR count). The number of carbonyl (C=O) groups excluding carboxylic acids is 1. The molecule has 23 heavy (non-hydrogen) atoms. The molecule has 2 aromatic rings. The third-order valence-electron chi connectivity index (χ3n) is 3.41. The van der Waals surface area contributed by atoms with Crippen LogP contribution in [0.2, 0.25) is 0 Å². The van der Waals surface area contributed by atoms with Crippen LogP contribution < -0.4 is 15.4 Å². The Morgan fingerprint density at radius 3 is 2.30 bits per heavy atom. The van der Waals surface area contributed by atoms with Gasteiger partial charge < -0.3 is 10.5 Å². The Kier molecular flexibility index (Phi) is 5.01. The minimum Gasteiger partial charge on any atom is -0.457 e. The molecule has 0 unspecified atom stereocenters. The second kappa shape index (κ2) is 6.96.